The molecule has 4 heteroatoms. The first kappa shape index (κ1) is 13.2. The number of nitrogens with zero attached hydrogens (tertiary/aromatic N) is 1. The minimum Gasteiger partial charge on any atom is -0.444 e. The SMILES string of the molecule is CNCC(C)N(C)C(=O)OC(C)(C)C. The van der Waals surface area contributed by atoms with Crippen molar-refractivity contribution in [3.05, 3.63) is 0 Å². The Labute approximate surface area is 86.6 Å². The maximum absolute atomic E-state index is 11.6. The number of rotatable bonds is 3. The second kappa shape index (κ2) is 5.20. The van der Waals surface area contributed by atoms with Gasteiger partial charge >= 0.3 is 6.09 Å². The van der Waals surface area contributed by atoms with Gasteiger partial charge < -0.3 is 15.0 Å². The van der Waals surface area contributed by atoms with Gasteiger partial charge in [-0.05, 0) is 34.7 Å². The molecule has 1 amide bonds. The van der Waals surface area contributed by atoms with Gasteiger partial charge in [-0.15, -0.1) is 0 Å². The Morgan fingerprint density at radius 1 is 1.50 bits per heavy atom. The van der Waals surface area contributed by atoms with E-state index in [0.29, 0.717) is 0 Å². The zero-order valence-electron chi connectivity index (χ0n) is 10.0. The normalized spacial score (nSPS) is 13.6. The number of amides is 1. The molecule has 0 fully saturated rings. The fraction of sp³-hybridized carbons (Fsp3) is 0.900. The largest absolute Gasteiger partial charge is 0.444 e. The number of carbonyl (C=O) groups is 1. The number of carbonyl (C=O) groups excluding carboxylic acids is 1. The molecule has 0 heterocycles. The average Bonchev–Trinajstić information content (AvgIpc) is 2.00. The molecule has 0 aromatic carbocycles. The van der Waals surface area contributed by atoms with Crippen LogP contribution in [0.5, 0.6) is 0 Å². The number of likely N-dealkylation sites (N-methyl/N-ethyl adjacent to an activating group) is 2. The van der Waals surface area contributed by atoms with Crippen LogP contribution in [0.15, 0.2) is 0 Å². The molecule has 1 unspecified atom stereocenters. The summed E-state index contributed by atoms with van der Waals surface area (Å²) in [6.45, 7) is 8.32. The summed E-state index contributed by atoms with van der Waals surface area (Å²) in [5, 5.41) is 3.02. The summed E-state index contributed by atoms with van der Waals surface area (Å²) in [5.74, 6) is 0. The second-order valence-electron chi connectivity index (χ2n) is 4.50. The molecular formula is C10H22N2O2. The number of ether oxygens (including phenoxy) is 1. The lowest BCUT2D eigenvalue weighted by atomic mass is 10.2. The minimum absolute atomic E-state index is 0.134. The lowest BCUT2D eigenvalue weighted by Gasteiger charge is -2.28. The molecule has 0 saturated carbocycles. The van der Waals surface area contributed by atoms with Crippen LogP contribution in [0.25, 0.3) is 0 Å². The van der Waals surface area contributed by atoms with Gasteiger partial charge in [-0.25, -0.2) is 4.79 Å². The van der Waals surface area contributed by atoms with Crippen LogP contribution in [0.3, 0.4) is 0 Å². The maximum Gasteiger partial charge on any atom is 0.410 e. The molecule has 1 atom stereocenters. The highest BCUT2D eigenvalue weighted by atomic mass is 16.6. The van der Waals surface area contributed by atoms with Crippen LogP contribution in [0, 0.1) is 0 Å². The van der Waals surface area contributed by atoms with Crippen molar-refractivity contribution in [1.82, 2.24) is 10.2 Å². The fourth-order valence-corrected chi connectivity index (χ4v) is 0.946. The summed E-state index contributed by atoms with van der Waals surface area (Å²) in [6.07, 6.45) is -0.278. The van der Waals surface area contributed by atoms with E-state index in [-0.39, 0.29) is 12.1 Å². The first-order valence-corrected chi connectivity index (χ1v) is 4.88. The lowest BCUT2D eigenvalue weighted by Crippen LogP contribution is -2.43. The Hall–Kier alpha value is -0.770. The summed E-state index contributed by atoms with van der Waals surface area (Å²) in [4.78, 5) is 13.1. The van der Waals surface area contributed by atoms with E-state index >= 15 is 0 Å². The molecule has 0 aliphatic heterocycles. The first-order valence-electron chi connectivity index (χ1n) is 4.88. The molecule has 0 aliphatic rings. The van der Waals surface area contributed by atoms with Crippen molar-refractivity contribution in [2.45, 2.75) is 39.3 Å². The van der Waals surface area contributed by atoms with Crippen LogP contribution in [0.2, 0.25) is 0 Å². The van der Waals surface area contributed by atoms with Crippen LogP contribution in [0.1, 0.15) is 27.7 Å². The number of nitrogens with one attached hydrogen (secondary N) is 1. The van der Waals surface area contributed by atoms with Crippen molar-refractivity contribution in [1.29, 1.82) is 0 Å². The summed E-state index contributed by atoms with van der Waals surface area (Å²) >= 11 is 0. The predicted molar refractivity (Wildman–Crippen MR) is 57.4 cm³/mol. The van der Waals surface area contributed by atoms with Crippen LogP contribution < -0.4 is 5.32 Å². The van der Waals surface area contributed by atoms with Crippen molar-refractivity contribution < 1.29 is 9.53 Å². The molecule has 0 bridgehead atoms. The van der Waals surface area contributed by atoms with E-state index in [9.17, 15) is 4.79 Å². The summed E-state index contributed by atoms with van der Waals surface area (Å²) < 4.78 is 5.23. The van der Waals surface area contributed by atoms with Crippen molar-refractivity contribution in [3.63, 3.8) is 0 Å². The molecule has 4 nitrogen and oxygen atoms in total. The Balaban J connectivity index is 4.12. The van der Waals surface area contributed by atoms with Gasteiger partial charge in [0.1, 0.15) is 5.60 Å². The number of hydrogen-bond acceptors (Lipinski definition) is 3. The monoisotopic (exact) mass is 202 g/mol. The van der Waals surface area contributed by atoms with Crippen LogP contribution >= 0.6 is 0 Å². The molecule has 0 aromatic heterocycles. The Bertz CT molecular complexity index is 187. The molecule has 0 radical (unpaired) electrons. The highest BCUT2D eigenvalue weighted by Gasteiger charge is 2.22. The molecule has 0 saturated heterocycles. The third kappa shape index (κ3) is 5.07. The highest BCUT2D eigenvalue weighted by Crippen LogP contribution is 2.10. The number of hydrogen-bond donors (Lipinski definition) is 1. The van der Waals surface area contributed by atoms with E-state index < -0.39 is 5.60 Å². The van der Waals surface area contributed by atoms with Gasteiger partial charge in [0.05, 0.1) is 0 Å². The van der Waals surface area contributed by atoms with Crippen molar-refractivity contribution in [3.8, 4) is 0 Å². The minimum atomic E-state index is -0.426. The fourth-order valence-electron chi connectivity index (χ4n) is 0.946. The zero-order valence-corrected chi connectivity index (χ0v) is 10.0. The average molecular weight is 202 g/mol. The van der Waals surface area contributed by atoms with Gasteiger partial charge in [-0.2, -0.15) is 0 Å². The van der Waals surface area contributed by atoms with Gasteiger partial charge in [0, 0.05) is 19.6 Å². The summed E-state index contributed by atoms with van der Waals surface area (Å²) in [5.41, 5.74) is -0.426. The molecular weight excluding hydrogens is 180 g/mol. The lowest BCUT2D eigenvalue weighted by molar-refractivity contribution is 0.0237. The van der Waals surface area contributed by atoms with E-state index in [1.807, 2.05) is 34.7 Å². The van der Waals surface area contributed by atoms with Gasteiger partial charge in [-0.1, -0.05) is 0 Å². The molecule has 14 heavy (non-hydrogen) atoms. The predicted octanol–water partition coefficient (Wildman–Crippen LogP) is 1.46. The van der Waals surface area contributed by atoms with Gasteiger partial charge in [0.15, 0.2) is 0 Å². The van der Waals surface area contributed by atoms with Crippen molar-refractivity contribution in [2.75, 3.05) is 20.6 Å². The molecule has 0 rings (SSSR count). The topological polar surface area (TPSA) is 41.6 Å². The summed E-state index contributed by atoms with van der Waals surface area (Å²) in [7, 11) is 3.61. The maximum atomic E-state index is 11.6. The Morgan fingerprint density at radius 2 is 2.00 bits per heavy atom. The van der Waals surface area contributed by atoms with Crippen molar-refractivity contribution in [2.24, 2.45) is 0 Å². The second-order valence-corrected chi connectivity index (χ2v) is 4.50. The Kier molecular flexibility index (Phi) is 4.91. The van der Waals surface area contributed by atoms with Gasteiger partial charge in [0.2, 0.25) is 0 Å². The first-order chi connectivity index (χ1) is 6.28. The van der Waals surface area contributed by atoms with E-state index in [1.54, 1.807) is 11.9 Å². The van der Waals surface area contributed by atoms with E-state index in [1.165, 1.54) is 0 Å². The third-order valence-electron chi connectivity index (χ3n) is 1.84. The van der Waals surface area contributed by atoms with Gasteiger partial charge in [-0.3, -0.25) is 0 Å². The zero-order chi connectivity index (χ0) is 11.4. The smallest absolute Gasteiger partial charge is 0.410 e. The molecule has 1 N–H and O–H groups in total. The summed E-state index contributed by atoms with van der Waals surface area (Å²) in [6, 6.07) is 0.134. The highest BCUT2D eigenvalue weighted by molar-refractivity contribution is 5.68. The quantitative estimate of drug-likeness (QED) is 0.753. The van der Waals surface area contributed by atoms with E-state index in [0.717, 1.165) is 6.54 Å². The van der Waals surface area contributed by atoms with Crippen LogP contribution in [-0.2, 0) is 4.74 Å². The van der Waals surface area contributed by atoms with E-state index in [2.05, 4.69) is 5.32 Å². The molecule has 84 valence electrons. The standard InChI is InChI=1S/C10H22N2O2/c1-8(7-11-5)12(6)9(13)14-10(2,3)4/h8,11H,7H2,1-6H3. The van der Waals surface area contributed by atoms with E-state index in [4.69, 9.17) is 4.74 Å². The van der Waals surface area contributed by atoms with Crippen LogP contribution in [-0.4, -0.2) is 43.3 Å². The Morgan fingerprint density at radius 3 is 2.36 bits per heavy atom. The van der Waals surface area contributed by atoms with Crippen LogP contribution in [0.4, 0.5) is 4.79 Å². The van der Waals surface area contributed by atoms with Gasteiger partial charge in [0.25, 0.3) is 0 Å². The molecule has 0 aromatic rings. The third-order valence-corrected chi connectivity index (χ3v) is 1.84. The van der Waals surface area contributed by atoms with Crippen molar-refractivity contribution >= 4 is 6.09 Å². The molecule has 0 aliphatic carbocycles. The molecule has 0 spiro atoms.